The van der Waals surface area contributed by atoms with E-state index < -0.39 is 10.0 Å². The fourth-order valence-electron chi connectivity index (χ4n) is 3.56. The maximum atomic E-state index is 13.1. The largest absolute Gasteiger partial charge is 0.339 e. The van der Waals surface area contributed by atoms with Crippen molar-refractivity contribution in [2.45, 2.75) is 57.3 Å². The van der Waals surface area contributed by atoms with Gasteiger partial charge in [-0.05, 0) is 67.0 Å². The highest BCUT2D eigenvalue weighted by Gasteiger charge is 2.23. The first-order chi connectivity index (χ1) is 13.6. The van der Waals surface area contributed by atoms with E-state index >= 15 is 0 Å². The maximum absolute atomic E-state index is 13.1. The number of rotatable bonds is 4. The number of likely N-dealkylation sites (tertiary alicyclic amines) is 1. The van der Waals surface area contributed by atoms with Crippen molar-refractivity contribution in [2.75, 3.05) is 17.8 Å². The van der Waals surface area contributed by atoms with Gasteiger partial charge in [-0.15, -0.1) is 0 Å². The molecule has 156 valence electrons. The molecule has 1 aliphatic heterocycles. The highest BCUT2D eigenvalue weighted by Crippen LogP contribution is 2.28. The number of sulfonamides is 1. The first-order valence-corrected chi connectivity index (χ1v) is 11.6. The van der Waals surface area contributed by atoms with Gasteiger partial charge in [0.1, 0.15) is 0 Å². The molecule has 1 saturated heterocycles. The Morgan fingerprint density at radius 3 is 2.34 bits per heavy atom. The maximum Gasteiger partial charge on any atom is 0.262 e. The van der Waals surface area contributed by atoms with E-state index in [-0.39, 0.29) is 16.2 Å². The number of anilines is 1. The van der Waals surface area contributed by atoms with E-state index in [4.69, 9.17) is 0 Å². The van der Waals surface area contributed by atoms with E-state index in [0.717, 1.165) is 37.9 Å². The monoisotopic (exact) mass is 414 g/mol. The number of hydrogen-bond acceptors (Lipinski definition) is 3. The van der Waals surface area contributed by atoms with Crippen LogP contribution in [-0.2, 0) is 15.4 Å². The SMILES string of the molecule is Cc1ccc(C(C)(C)C)cc1S(=O)(=O)Nc1cccc(C(=O)N2CCCCC2)c1. The van der Waals surface area contributed by atoms with Crippen LogP contribution in [0.4, 0.5) is 5.69 Å². The van der Waals surface area contributed by atoms with Gasteiger partial charge >= 0.3 is 0 Å². The van der Waals surface area contributed by atoms with Crippen molar-refractivity contribution in [3.63, 3.8) is 0 Å². The van der Waals surface area contributed by atoms with Crippen LogP contribution in [0.25, 0.3) is 0 Å². The van der Waals surface area contributed by atoms with Crippen molar-refractivity contribution in [1.29, 1.82) is 0 Å². The molecular formula is C23H30N2O3S. The fourth-order valence-corrected chi connectivity index (χ4v) is 4.88. The van der Waals surface area contributed by atoms with Crippen LogP contribution >= 0.6 is 0 Å². The van der Waals surface area contributed by atoms with Gasteiger partial charge in [0.15, 0.2) is 0 Å². The number of piperidine rings is 1. The van der Waals surface area contributed by atoms with Gasteiger partial charge in [0, 0.05) is 24.3 Å². The molecule has 2 aromatic carbocycles. The standard InChI is InChI=1S/C23H30N2O3S/c1-17-11-12-19(23(2,3)4)16-21(17)29(27,28)24-20-10-8-9-18(15-20)22(26)25-13-6-5-7-14-25/h8-12,15-16,24H,5-7,13-14H2,1-4H3. The van der Waals surface area contributed by atoms with Crippen molar-refractivity contribution in [3.8, 4) is 0 Å². The molecule has 5 nitrogen and oxygen atoms in total. The topological polar surface area (TPSA) is 66.5 Å². The van der Waals surface area contributed by atoms with Crippen LogP contribution in [0, 0.1) is 6.92 Å². The van der Waals surface area contributed by atoms with Crippen LogP contribution in [0.15, 0.2) is 47.4 Å². The van der Waals surface area contributed by atoms with Crippen molar-refractivity contribution in [1.82, 2.24) is 4.90 Å². The Morgan fingerprint density at radius 1 is 1.00 bits per heavy atom. The van der Waals surface area contributed by atoms with E-state index in [1.54, 1.807) is 37.3 Å². The summed E-state index contributed by atoms with van der Waals surface area (Å²) < 4.78 is 28.8. The summed E-state index contributed by atoms with van der Waals surface area (Å²) in [6.07, 6.45) is 3.18. The van der Waals surface area contributed by atoms with E-state index in [9.17, 15) is 13.2 Å². The first kappa shape index (κ1) is 21.4. The number of nitrogens with zero attached hydrogens (tertiary/aromatic N) is 1. The molecule has 1 N–H and O–H groups in total. The lowest BCUT2D eigenvalue weighted by atomic mass is 9.87. The molecule has 1 fully saturated rings. The van der Waals surface area contributed by atoms with Gasteiger partial charge in [-0.25, -0.2) is 8.42 Å². The molecule has 1 amide bonds. The minimum atomic E-state index is -3.77. The molecule has 0 saturated carbocycles. The quantitative estimate of drug-likeness (QED) is 0.787. The molecule has 29 heavy (non-hydrogen) atoms. The Balaban J connectivity index is 1.87. The normalized spacial score (nSPS) is 15.2. The summed E-state index contributed by atoms with van der Waals surface area (Å²) in [4.78, 5) is 14.8. The van der Waals surface area contributed by atoms with E-state index in [1.807, 2.05) is 17.0 Å². The molecule has 6 heteroatoms. The van der Waals surface area contributed by atoms with Crippen molar-refractivity contribution in [2.24, 2.45) is 0 Å². The third-order valence-corrected chi connectivity index (χ3v) is 6.87. The molecule has 2 aromatic rings. The highest BCUT2D eigenvalue weighted by molar-refractivity contribution is 7.92. The van der Waals surface area contributed by atoms with Crippen LogP contribution in [0.1, 0.15) is 61.5 Å². The summed E-state index contributed by atoms with van der Waals surface area (Å²) in [5.74, 6) is -0.0448. The van der Waals surface area contributed by atoms with Crippen LogP contribution in [-0.4, -0.2) is 32.3 Å². The number of carbonyl (C=O) groups excluding carboxylic acids is 1. The van der Waals surface area contributed by atoms with Gasteiger partial charge < -0.3 is 4.90 Å². The molecule has 0 unspecified atom stereocenters. The predicted molar refractivity (Wildman–Crippen MR) is 117 cm³/mol. The lowest BCUT2D eigenvalue weighted by molar-refractivity contribution is 0.0724. The zero-order valence-electron chi connectivity index (χ0n) is 17.7. The third-order valence-electron chi connectivity index (χ3n) is 5.35. The predicted octanol–water partition coefficient (Wildman–Crippen LogP) is 4.72. The Labute approximate surface area is 174 Å². The Kier molecular flexibility index (Phi) is 6.03. The summed E-state index contributed by atoms with van der Waals surface area (Å²) in [7, 11) is -3.77. The number of hydrogen-bond donors (Lipinski definition) is 1. The lowest BCUT2D eigenvalue weighted by Gasteiger charge is -2.26. The second-order valence-corrected chi connectivity index (χ2v) is 10.4. The zero-order valence-corrected chi connectivity index (χ0v) is 18.5. The Bertz CT molecular complexity index is 1000. The van der Waals surface area contributed by atoms with Gasteiger partial charge in [0.2, 0.25) is 0 Å². The Morgan fingerprint density at radius 2 is 1.69 bits per heavy atom. The molecule has 1 aliphatic rings. The number of aryl methyl sites for hydroxylation is 1. The van der Waals surface area contributed by atoms with Crippen LogP contribution < -0.4 is 4.72 Å². The minimum absolute atomic E-state index is 0.0448. The average Bonchev–Trinajstić information content (AvgIpc) is 2.67. The van der Waals surface area contributed by atoms with Gasteiger partial charge in [0.25, 0.3) is 15.9 Å². The summed E-state index contributed by atoms with van der Waals surface area (Å²) >= 11 is 0. The van der Waals surface area contributed by atoms with E-state index in [1.165, 1.54) is 0 Å². The van der Waals surface area contributed by atoms with Crippen LogP contribution in [0.3, 0.4) is 0 Å². The highest BCUT2D eigenvalue weighted by atomic mass is 32.2. The molecule has 0 bridgehead atoms. The van der Waals surface area contributed by atoms with Crippen LogP contribution in [0.5, 0.6) is 0 Å². The van der Waals surface area contributed by atoms with E-state index in [0.29, 0.717) is 16.8 Å². The second kappa shape index (κ2) is 8.19. The number of amides is 1. The number of benzene rings is 2. The van der Waals surface area contributed by atoms with Crippen molar-refractivity contribution in [3.05, 3.63) is 59.2 Å². The van der Waals surface area contributed by atoms with Crippen molar-refractivity contribution >= 4 is 21.6 Å². The molecule has 0 spiro atoms. The fraction of sp³-hybridized carbons (Fsp3) is 0.435. The second-order valence-electron chi connectivity index (χ2n) is 8.77. The Hall–Kier alpha value is -2.34. The summed E-state index contributed by atoms with van der Waals surface area (Å²) in [6.45, 7) is 9.46. The minimum Gasteiger partial charge on any atom is -0.339 e. The smallest absolute Gasteiger partial charge is 0.262 e. The third kappa shape index (κ3) is 4.99. The molecule has 3 rings (SSSR count). The zero-order chi connectivity index (χ0) is 21.2. The summed E-state index contributed by atoms with van der Waals surface area (Å²) in [5.41, 5.74) is 2.39. The van der Waals surface area contributed by atoms with Crippen molar-refractivity contribution < 1.29 is 13.2 Å². The van der Waals surface area contributed by atoms with E-state index in [2.05, 4.69) is 25.5 Å². The summed E-state index contributed by atoms with van der Waals surface area (Å²) in [6, 6.07) is 12.3. The molecule has 0 aromatic heterocycles. The van der Waals surface area contributed by atoms with Gasteiger partial charge in [-0.3, -0.25) is 9.52 Å². The van der Waals surface area contributed by atoms with Crippen LogP contribution in [0.2, 0.25) is 0 Å². The lowest BCUT2D eigenvalue weighted by Crippen LogP contribution is -2.35. The molecular weight excluding hydrogens is 384 g/mol. The molecule has 0 atom stereocenters. The van der Waals surface area contributed by atoms with Gasteiger partial charge in [-0.1, -0.05) is 39.0 Å². The van der Waals surface area contributed by atoms with Gasteiger partial charge in [-0.2, -0.15) is 0 Å². The molecule has 0 aliphatic carbocycles. The summed E-state index contributed by atoms with van der Waals surface area (Å²) in [5, 5.41) is 0. The number of nitrogens with one attached hydrogen (secondary N) is 1. The first-order valence-electron chi connectivity index (χ1n) is 10.1. The van der Waals surface area contributed by atoms with Gasteiger partial charge in [0.05, 0.1) is 4.90 Å². The average molecular weight is 415 g/mol. The molecule has 1 heterocycles. The number of carbonyl (C=O) groups is 1. The molecule has 0 radical (unpaired) electrons.